The van der Waals surface area contributed by atoms with Gasteiger partial charge in [0.05, 0.1) is 5.69 Å². The van der Waals surface area contributed by atoms with Gasteiger partial charge in [0.2, 0.25) is 0 Å². The van der Waals surface area contributed by atoms with Crippen LogP contribution in [0.5, 0.6) is 0 Å². The lowest BCUT2D eigenvalue weighted by atomic mass is 9.85. The van der Waals surface area contributed by atoms with Crippen LogP contribution in [0.3, 0.4) is 0 Å². The Hall–Kier alpha value is -5.53. The molecule has 0 spiro atoms. The van der Waals surface area contributed by atoms with E-state index in [9.17, 15) is 0 Å². The zero-order valence-electron chi connectivity index (χ0n) is 22.7. The maximum absolute atomic E-state index is 5.01. The molecule has 0 unspecified atom stereocenters. The molecule has 1 heterocycles. The second kappa shape index (κ2) is 8.02. The molecule has 42 heavy (non-hydrogen) atoms. The maximum Gasteiger partial charge on any atom is 0.0714 e. The summed E-state index contributed by atoms with van der Waals surface area (Å²) in [6.07, 6.45) is 1.93. The molecule has 9 aromatic carbocycles. The van der Waals surface area contributed by atoms with Gasteiger partial charge >= 0.3 is 0 Å². The molecule has 0 aliphatic rings. The second-order valence-corrected chi connectivity index (χ2v) is 11.4. The molecule has 0 saturated carbocycles. The molecule has 0 radical (unpaired) electrons. The molecule has 0 fully saturated rings. The van der Waals surface area contributed by atoms with E-state index in [2.05, 4.69) is 127 Å². The number of aromatic nitrogens is 1. The second-order valence-electron chi connectivity index (χ2n) is 11.4. The summed E-state index contributed by atoms with van der Waals surface area (Å²) in [5, 5.41) is 18.3. The average Bonchev–Trinajstić information content (AvgIpc) is 3.56. The van der Waals surface area contributed by atoms with Gasteiger partial charge in [0.1, 0.15) is 0 Å². The standard InChI is InChI=1S/C41H23N/c1-2-11-25(12-3-1)36-33-23-32-27-16-5-4-15-26(27)28-17-10-20-31(37(28)32)38(33)41(34-21-6-7-22-42-34)40-30-19-9-14-24-13-8-18-29(35(24)30)39(36)40/h1-23H. The van der Waals surface area contributed by atoms with E-state index in [1.54, 1.807) is 0 Å². The van der Waals surface area contributed by atoms with E-state index < -0.39 is 0 Å². The van der Waals surface area contributed by atoms with Crippen LogP contribution in [-0.4, -0.2) is 4.98 Å². The van der Waals surface area contributed by atoms with Crippen molar-refractivity contribution >= 4 is 75.4 Å². The van der Waals surface area contributed by atoms with E-state index in [-0.39, 0.29) is 0 Å². The largest absolute Gasteiger partial charge is 0.256 e. The summed E-state index contributed by atoms with van der Waals surface area (Å²) in [7, 11) is 0. The monoisotopic (exact) mass is 529 g/mol. The van der Waals surface area contributed by atoms with Crippen molar-refractivity contribution in [3.8, 4) is 22.4 Å². The molecular weight excluding hydrogens is 506 g/mol. The highest BCUT2D eigenvalue weighted by Gasteiger charge is 2.26. The molecular formula is C41H23N. The van der Waals surface area contributed by atoms with Crippen LogP contribution in [0, 0.1) is 0 Å². The molecule has 0 atom stereocenters. The van der Waals surface area contributed by atoms with Crippen LogP contribution in [0.15, 0.2) is 140 Å². The lowest BCUT2D eigenvalue weighted by molar-refractivity contribution is 1.34. The van der Waals surface area contributed by atoms with Gasteiger partial charge in [0.15, 0.2) is 0 Å². The Labute approximate surface area is 241 Å². The number of hydrogen-bond acceptors (Lipinski definition) is 1. The highest BCUT2D eigenvalue weighted by molar-refractivity contribution is 6.44. The van der Waals surface area contributed by atoms with Gasteiger partial charge in [-0.15, -0.1) is 0 Å². The highest BCUT2D eigenvalue weighted by atomic mass is 14.7. The normalized spacial score (nSPS) is 12.3. The van der Waals surface area contributed by atoms with Gasteiger partial charge in [-0.1, -0.05) is 115 Å². The number of hydrogen-bond donors (Lipinski definition) is 0. The molecule has 0 bridgehead atoms. The Morgan fingerprint density at radius 1 is 0.333 bits per heavy atom. The van der Waals surface area contributed by atoms with Gasteiger partial charge in [-0.05, 0) is 94.0 Å². The average molecular weight is 530 g/mol. The Kier molecular flexibility index (Phi) is 4.24. The highest BCUT2D eigenvalue weighted by Crippen LogP contribution is 2.54. The Balaban J connectivity index is 1.62. The molecule has 10 rings (SSSR count). The van der Waals surface area contributed by atoms with Crippen molar-refractivity contribution in [3.05, 3.63) is 140 Å². The van der Waals surface area contributed by atoms with Gasteiger partial charge in [-0.2, -0.15) is 0 Å². The molecule has 1 aromatic heterocycles. The third kappa shape index (κ3) is 2.71. The summed E-state index contributed by atoms with van der Waals surface area (Å²) >= 11 is 0. The molecule has 0 amide bonds. The third-order valence-corrected chi connectivity index (χ3v) is 9.36. The first-order chi connectivity index (χ1) is 20.9. The third-order valence-electron chi connectivity index (χ3n) is 9.36. The summed E-state index contributed by atoms with van der Waals surface area (Å²) in [5.41, 5.74) is 4.78. The van der Waals surface area contributed by atoms with Gasteiger partial charge in [0, 0.05) is 22.5 Å². The van der Waals surface area contributed by atoms with Crippen LogP contribution in [0.2, 0.25) is 0 Å². The zero-order valence-corrected chi connectivity index (χ0v) is 22.7. The molecule has 192 valence electrons. The van der Waals surface area contributed by atoms with Gasteiger partial charge < -0.3 is 0 Å². The Morgan fingerprint density at radius 3 is 1.67 bits per heavy atom. The molecule has 1 nitrogen and oxygen atoms in total. The summed E-state index contributed by atoms with van der Waals surface area (Å²) < 4.78 is 0. The quantitative estimate of drug-likeness (QED) is 0.203. The predicted molar refractivity (Wildman–Crippen MR) is 180 cm³/mol. The lowest BCUT2D eigenvalue weighted by Gasteiger charge is -2.18. The molecule has 0 aliphatic carbocycles. The van der Waals surface area contributed by atoms with Crippen molar-refractivity contribution in [2.45, 2.75) is 0 Å². The molecule has 0 N–H and O–H groups in total. The van der Waals surface area contributed by atoms with Crippen LogP contribution in [0.1, 0.15) is 0 Å². The van der Waals surface area contributed by atoms with Gasteiger partial charge in [0.25, 0.3) is 0 Å². The number of pyridine rings is 1. The van der Waals surface area contributed by atoms with Crippen LogP contribution >= 0.6 is 0 Å². The Morgan fingerprint density at radius 2 is 0.929 bits per heavy atom. The topological polar surface area (TPSA) is 12.9 Å². The fraction of sp³-hybridized carbons (Fsp3) is 0. The van der Waals surface area contributed by atoms with Crippen molar-refractivity contribution in [1.82, 2.24) is 4.98 Å². The number of benzene rings is 7. The summed E-state index contributed by atoms with van der Waals surface area (Å²) in [5.74, 6) is 0. The molecule has 10 aromatic rings. The minimum atomic E-state index is 1.01. The van der Waals surface area contributed by atoms with Crippen molar-refractivity contribution < 1.29 is 0 Å². The first-order valence-electron chi connectivity index (χ1n) is 14.6. The minimum Gasteiger partial charge on any atom is -0.256 e. The minimum absolute atomic E-state index is 1.01. The summed E-state index contributed by atoms with van der Waals surface area (Å²) in [6.45, 7) is 0. The molecule has 1 heteroatoms. The summed E-state index contributed by atoms with van der Waals surface area (Å²) in [4.78, 5) is 5.01. The fourth-order valence-electron chi connectivity index (χ4n) is 7.82. The maximum atomic E-state index is 5.01. The SMILES string of the molecule is c1ccc(-c2c3cc4c5ccccc5c5cccc(c3c(-c3ccccn3)c3c6cccc7cccc(c23)c76)c54)cc1. The van der Waals surface area contributed by atoms with Gasteiger partial charge in [-0.25, -0.2) is 0 Å². The fourth-order valence-corrected chi connectivity index (χ4v) is 7.82. The van der Waals surface area contributed by atoms with Crippen LogP contribution in [0.4, 0.5) is 0 Å². The first-order valence-corrected chi connectivity index (χ1v) is 14.6. The smallest absolute Gasteiger partial charge is 0.0714 e. The lowest BCUT2D eigenvalue weighted by Crippen LogP contribution is -1.92. The van der Waals surface area contributed by atoms with E-state index in [0.717, 1.165) is 5.69 Å². The van der Waals surface area contributed by atoms with Crippen molar-refractivity contribution in [3.63, 3.8) is 0 Å². The van der Waals surface area contributed by atoms with Crippen LogP contribution < -0.4 is 0 Å². The predicted octanol–water partition coefficient (Wildman–Crippen LogP) is 11.4. The van der Waals surface area contributed by atoms with E-state index in [0.29, 0.717) is 0 Å². The first kappa shape index (κ1) is 22.2. The van der Waals surface area contributed by atoms with Gasteiger partial charge in [-0.3, -0.25) is 4.98 Å². The number of rotatable bonds is 2. The zero-order chi connectivity index (χ0) is 27.4. The summed E-state index contributed by atoms with van der Waals surface area (Å²) in [6, 6.07) is 49.0. The van der Waals surface area contributed by atoms with Crippen LogP contribution in [0.25, 0.3) is 97.8 Å². The van der Waals surface area contributed by atoms with E-state index in [1.165, 1.54) is 92.1 Å². The van der Waals surface area contributed by atoms with E-state index in [4.69, 9.17) is 4.98 Å². The molecule has 0 aliphatic heterocycles. The van der Waals surface area contributed by atoms with E-state index >= 15 is 0 Å². The molecule has 0 saturated heterocycles. The Bertz CT molecular complexity index is 2650. The van der Waals surface area contributed by atoms with Crippen molar-refractivity contribution in [2.24, 2.45) is 0 Å². The number of nitrogens with zero attached hydrogens (tertiary/aromatic N) is 1. The van der Waals surface area contributed by atoms with Crippen molar-refractivity contribution in [2.75, 3.05) is 0 Å². The number of fused-ring (bicyclic) bond motifs is 8. The van der Waals surface area contributed by atoms with E-state index in [1.807, 2.05) is 12.3 Å². The van der Waals surface area contributed by atoms with Crippen LogP contribution in [-0.2, 0) is 0 Å². The van der Waals surface area contributed by atoms with Crippen molar-refractivity contribution in [1.29, 1.82) is 0 Å².